The number of benzene rings is 1. The molecule has 2 N–H and O–H groups in total. The van der Waals surface area contributed by atoms with Gasteiger partial charge in [0.15, 0.2) is 0 Å². The Balaban J connectivity index is 1.56. The van der Waals surface area contributed by atoms with Crippen LogP contribution < -0.4 is 10.7 Å². The van der Waals surface area contributed by atoms with Gasteiger partial charge in [-0.25, -0.2) is 0 Å². The van der Waals surface area contributed by atoms with Crippen LogP contribution in [0.3, 0.4) is 0 Å². The Bertz CT molecular complexity index is 587. The van der Waals surface area contributed by atoms with Crippen LogP contribution in [0.1, 0.15) is 31.4 Å². The fourth-order valence-corrected chi connectivity index (χ4v) is 3.89. The maximum absolute atomic E-state index is 11.1. The van der Waals surface area contributed by atoms with Crippen molar-refractivity contribution in [3.8, 4) is 0 Å². The zero-order valence-electron chi connectivity index (χ0n) is 12.2. The minimum absolute atomic E-state index is 0.0388. The number of fused-ring (bicyclic) bond motifs is 2. The lowest BCUT2D eigenvalue weighted by atomic mass is 9.78. The molecule has 1 amide bonds. The molecule has 1 aromatic carbocycles. The van der Waals surface area contributed by atoms with Gasteiger partial charge in [0.05, 0.1) is 17.8 Å². The van der Waals surface area contributed by atoms with E-state index in [1.165, 1.54) is 44.1 Å². The van der Waals surface area contributed by atoms with Gasteiger partial charge < -0.3 is 10.7 Å². The summed E-state index contributed by atoms with van der Waals surface area (Å²) < 4.78 is 0. The van der Waals surface area contributed by atoms with Gasteiger partial charge in [0.1, 0.15) is 0 Å². The molecule has 0 aromatic heterocycles. The SMILES string of the molecule is CC(=O)Nc1ccc(C2NN=C3C4CCN(CC4)C32)cc1. The zero-order valence-corrected chi connectivity index (χ0v) is 12.2. The summed E-state index contributed by atoms with van der Waals surface area (Å²) in [6.07, 6.45) is 2.51. The standard InChI is InChI=1S/C16H20N4O/c1-10(21)17-13-4-2-11(3-5-13)14-16-15(19-18-14)12-6-8-20(16)9-7-12/h2-5,12,14,16,18H,6-9H2,1H3,(H,17,21). The molecule has 3 fully saturated rings. The predicted octanol–water partition coefficient (Wildman–Crippen LogP) is 1.74. The molecule has 0 saturated carbocycles. The Hall–Kier alpha value is -1.88. The first-order valence-electron chi connectivity index (χ1n) is 7.67. The number of hydrogen-bond acceptors (Lipinski definition) is 4. The van der Waals surface area contributed by atoms with Crippen molar-refractivity contribution in [2.45, 2.75) is 31.8 Å². The molecule has 5 rings (SSSR count). The first kappa shape index (κ1) is 12.8. The van der Waals surface area contributed by atoms with E-state index in [2.05, 4.69) is 32.9 Å². The Kier molecular flexibility index (Phi) is 2.96. The van der Waals surface area contributed by atoms with E-state index in [0.717, 1.165) is 5.69 Å². The van der Waals surface area contributed by atoms with Gasteiger partial charge in [0, 0.05) is 18.5 Å². The van der Waals surface area contributed by atoms with Gasteiger partial charge >= 0.3 is 0 Å². The second-order valence-electron chi connectivity index (χ2n) is 6.20. The Morgan fingerprint density at radius 1 is 1.29 bits per heavy atom. The Morgan fingerprint density at radius 3 is 2.67 bits per heavy atom. The third-order valence-corrected chi connectivity index (χ3v) is 4.88. The molecule has 2 atom stereocenters. The number of piperidine rings is 3. The summed E-state index contributed by atoms with van der Waals surface area (Å²) in [4.78, 5) is 13.6. The predicted molar refractivity (Wildman–Crippen MR) is 82.1 cm³/mol. The number of carbonyl (C=O) groups excluding carboxylic acids is 1. The third-order valence-electron chi connectivity index (χ3n) is 4.88. The van der Waals surface area contributed by atoms with Crippen molar-refractivity contribution in [1.29, 1.82) is 0 Å². The summed E-state index contributed by atoms with van der Waals surface area (Å²) in [5, 5.41) is 7.43. The summed E-state index contributed by atoms with van der Waals surface area (Å²) >= 11 is 0. The van der Waals surface area contributed by atoms with Crippen LogP contribution in [-0.2, 0) is 4.79 Å². The van der Waals surface area contributed by atoms with Crippen molar-refractivity contribution in [1.82, 2.24) is 10.3 Å². The first-order valence-corrected chi connectivity index (χ1v) is 7.67. The maximum Gasteiger partial charge on any atom is 0.221 e. The molecule has 5 nitrogen and oxygen atoms in total. The highest BCUT2D eigenvalue weighted by atomic mass is 16.1. The molecule has 1 aromatic rings. The minimum atomic E-state index is -0.0388. The largest absolute Gasteiger partial charge is 0.326 e. The van der Waals surface area contributed by atoms with E-state index >= 15 is 0 Å². The van der Waals surface area contributed by atoms with Crippen LogP contribution in [0.4, 0.5) is 5.69 Å². The smallest absolute Gasteiger partial charge is 0.221 e. The van der Waals surface area contributed by atoms with E-state index < -0.39 is 0 Å². The van der Waals surface area contributed by atoms with Crippen molar-refractivity contribution < 1.29 is 4.79 Å². The molecular formula is C16H20N4O. The number of rotatable bonds is 2. The van der Waals surface area contributed by atoms with Gasteiger partial charge in [-0.15, -0.1) is 0 Å². The van der Waals surface area contributed by atoms with Crippen LogP contribution >= 0.6 is 0 Å². The molecule has 3 saturated heterocycles. The van der Waals surface area contributed by atoms with Crippen molar-refractivity contribution in [3.63, 3.8) is 0 Å². The second-order valence-corrected chi connectivity index (χ2v) is 6.20. The summed E-state index contributed by atoms with van der Waals surface area (Å²) in [7, 11) is 0. The quantitative estimate of drug-likeness (QED) is 0.870. The number of hydrazone groups is 1. The molecule has 4 aliphatic heterocycles. The molecule has 4 heterocycles. The lowest BCUT2D eigenvalue weighted by Gasteiger charge is -2.45. The summed E-state index contributed by atoms with van der Waals surface area (Å²) in [6, 6.07) is 8.77. The van der Waals surface area contributed by atoms with Crippen LogP contribution in [0.2, 0.25) is 0 Å². The van der Waals surface area contributed by atoms with Gasteiger partial charge in [0.2, 0.25) is 5.91 Å². The number of nitrogens with one attached hydrogen (secondary N) is 2. The lowest BCUT2D eigenvalue weighted by molar-refractivity contribution is -0.114. The average molecular weight is 284 g/mol. The Morgan fingerprint density at radius 2 is 2.00 bits per heavy atom. The molecule has 0 radical (unpaired) electrons. The Labute approximate surface area is 124 Å². The van der Waals surface area contributed by atoms with Gasteiger partial charge in [-0.2, -0.15) is 5.10 Å². The molecule has 5 heteroatoms. The van der Waals surface area contributed by atoms with Crippen LogP contribution in [0.25, 0.3) is 0 Å². The molecule has 21 heavy (non-hydrogen) atoms. The van der Waals surface area contributed by atoms with Crippen molar-refractivity contribution in [3.05, 3.63) is 29.8 Å². The first-order chi connectivity index (χ1) is 10.2. The van der Waals surface area contributed by atoms with Gasteiger partial charge in [-0.1, -0.05) is 12.1 Å². The maximum atomic E-state index is 11.1. The van der Waals surface area contributed by atoms with Gasteiger partial charge in [-0.3, -0.25) is 9.69 Å². The molecule has 0 aliphatic carbocycles. The van der Waals surface area contributed by atoms with Gasteiger partial charge in [0.25, 0.3) is 0 Å². The zero-order chi connectivity index (χ0) is 14.4. The number of anilines is 1. The molecular weight excluding hydrogens is 264 g/mol. The van der Waals surface area contributed by atoms with Crippen LogP contribution in [0.15, 0.2) is 29.4 Å². The number of carbonyl (C=O) groups is 1. The van der Waals surface area contributed by atoms with E-state index in [-0.39, 0.29) is 11.9 Å². The van der Waals surface area contributed by atoms with E-state index in [4.69, 9.17) is 0 Å². The normalized spacial score (nSPS) is 33.1. The topological polar surface area (TPSA) is 56.7 Å². The summed E-state index contributed by atoms with van der Waals surface area (Å²) in [6.45, 7) is 3.91. The molecule has 0 spiro atoms. The monoisotopic (exact) mass is 284 g/mol. The minimum Gasteiger partial charge on any atom is -0.326 e. The van der Waals surface area contributed by atoms with Gasteiger partial charge in [-0.05, 0) is 43.6 Å². The second kappa shape index (κ2) is 4.84. The van der Waals surface area contributed by atoms with E-state index in [0.29, 0.717) is 12.0 Å². The van der Waals surface area contributed by atoms with E-state index in [1.807, 2.05) is 12.1 Å². The fourth-order valence-electron chi connectivity index (χ4n) is 3.89. The van der Waals surface area contributed by atoms with E-state index in [1.54, 1.807) is 0 Å². The summed E-state index contributed by atoms with van der Waals surface area (Å²) in [5.41, 5.74) is 6.77. The average Bonchev–Trinajstić information content (AvgIpc) is 2.96. The fraction of sp³-hybridized carbons (Fsp3) is 0.500. The van der Waals surface area contributed by atoms with Crippen LogP contribution in [0, 0.1) is 5.92 Å². The number of amides is 1. The highest BCUT2D eigenvalue weighted by molar-refractivity contribution is 5.95. The summed E-state index contributed by atoms with van der Waals surface area (Å²) in [5.74, 6) is 0.638. The molecule has 2 unspecified atom stereocenters. The van der Waals surface area contributed by atoms with Crippen molar-refractivity contribution in [2.75, 3.05) is 18.4 Å². The van der Waals surface area contributed by atoms with Crippen molar-refractivity contribution >= 4 is 17.3 Å². The molecule has 2 bridgehead atoms. The highest BCUT2D eigenvalue weighted by Crippen LogP contribution is 2.38. The molecule has 4 aliphatic rings. The third kappa shape index (κ3) is 2.12. The van der Waals surface area contributed by atoms with Crippen LogP contribution in [0.5, 0.6) is 0 Å². The highest BCUT2D eigenvalue weighted by Gasteiger charge is 2.46. The molecule has 110 valence electrons. The number of nitrogens with zero attached hydrogens (tertiary/aromatic N) is 2. The van der Waals surface area contributed by atoms with Crippen molar-refractivity contribution in [2.24, 2.45) is 11.0 Å². The lowest BCUT2D eigenvalue weighted by Crippen LogP contribution is -2.56. The van der Waals surface area contributed by atoms with Crippen LogP contribution in [-0.4, -0.2) is 35.7 Å². The van der Waals surface area contributed by atoms with E-state index in [9.17, 15) is 4.79 Å². The number of hydrogen-bond donors (Lipinski definition) is 2.